The molecule has 0 radical (unpaired) electrons. The normalized spacial score (nSPS) is 10.0. The molecule has 0 amide bonds. The third kappa shape index (κ3) is 2.82. The number of aromatic nitrogens is 1. The van der Waals surface area contributed by atoms with Crippen molar-refractivity contribution in [1.29, 1.82) is 5.26 Å². The van der Waals surface area contributed by atoms with E-state index in [0.29, 0.717) is 11.4 Å². The van der Waals surface area contributed by atoms with Gasteiger partial charge in [-0.05, 0) is 30.2 Å². The fourth-order valence-electron chi connectivity index (χ4n) is 1.55. The predicted octanol–water partition coefficient (Wildman–Crippen LogP) is 3.14. The van der Waals surface area contributed by atoms with Gasteiger partial charge in [0.25, 0.3) is 0 Å². The van der Waals surface area contributed by atoms with Crippen LogP contribution in [0.25, 0.3) is 0 Å². The second-order valence-corrected chi connectivity index (χ2v) is 4.91. The van der Waals surface area contributed by atoms with Gasteiger partial charge in [-0.15, -0.1) is 11.8 Å². The Morgan fingerprint density at radius 1 is 1.28 bits per heavy atom. The van der Waals surface area contributed by atoms with Crippen molar-refractivity contribution in [2.75, 3.05) is 5.73 Å². The number of rotatable bonds is 3. The van der Waals surface area contributed by atoms with Crippen molar-refractivity contribution >= 4 is 17.4 Å². The number of hydrogen-bond donors (Lipinski definition) is 1. The molecule has 0 fully saturated rings. The number of aryl methyl sites for hydroxylation is 1. The van der Waals surface area contributed by atoms with Crippen LogP contribution in [0.5, 0.6) is 0 Å². The zero-order valence-electron chi connectivity index (χ0n) is 10.1. The largest absolute Gasteiger partial charge is 0.396 e. The standard InChI is InChI=1S/C14H13N3S/c1-10-4-2-3-5-11(10)9-18-14-7-6-12(16)13(8-15)17-14/h2-7H,9,16H2,1H3. The molecule has 1 aromatic heterocycles. The summed E-state index contributed by atoms with van der Waals surface area (Å²) in [4.78, 5) is 4.21. The first-order valence-corrected chi connectivity index (χ1v) is 6.53. The summed E-state index contributed by atoms with van der Waals surface area (Å²) in [5.74, 6) is 0.842. The van der Waals surface area contributed by atoms with E-state index in [0.717, 1.165) is 10.8 Å². The van der Waals surface area contributed by atoms with Crippen LogP contribution in [-0.4, -0.2) is 4.98 Å². The van der Waals surface area contributed by atoms with Gasteiger partial charge in [0.15, 0.2) is 5.69 Å². The third-order valence-electron chi connectivity index (χ3n) is 2.64. The number of anilines is 1. The molecule has 90 valence electrons. The zero-order valence-corrected chi connectivity index (χ0v) is 10.9. The molecule has 0 bridgehead atoms. The lowest BCUT2D eigenvalue weighted by Gasteiger charge is -2.05. The molecule has 0 spiro atoms. The van der Waals surface area contributed by atoms with E-state index in [1.54, 1.807) is 17.8 Å². The SMILES string of the molecule is Cc1ccccc1CSc1ccc(N)c(C#N)n1. The highest BCUT2D eigenvalue weighted by Crippen LogP contribution is 2.24. The molecule has 0 aliphatic rings. The number of thioether (sulfide) groups is 1. The van der Waals surface area contributed by atoms with Gasteiger partial charge in [-0.1, -0.05) is 24.3 Å². The first-order chi connectivity index (χ1) is 8.70. The van der Waals surface area contributed by atoms with Crippen LogP contribution in [-0.2, 0) is 5.75 Å². The predicted molar refractivity (Wildman–Crippen MR) is 74.1 cm³/mol. The maximum absolute atomic E-state index is 8.87. The van der Waals surface area contributed by atoms with Crippen LogP contribution in [0.4, 0.5) is 5.69 Å². The monoisotopic (exact) mass is 255 g/mol. The molecule has 2 N–H and O–H groups in total. The second-order valence-electron chi connectivity index (χ2n) is 3.91. The van der Waals surface area contributed by atoms with Gasteiger partial charge in [0.2, 0.25) is 0 Å². The van der Waals surface area contributed by atoms with Crippen LogP contribution in [0.2, 0.25) is 0 Å². The smallest absolute Gasteiger partial charge is 0.164 e. The average molecular weight is 255 g/mol. The summed E-state index contributed by atoms with van der Waals surface area (Å²) in [7, 11) is 0. The molecule has 0 aliphatic carbocycles. The lowest BCUT2D eigenvalue weighted by molar-refractivity contribution is 1.10. The molecule has 0 aliphatic heterocycles. The summed E-state index contributed by atoms with van der Waals surface area (Å²) in [5, 5.41) is 9.69. The molecule has 2 rings (SSSR count). The van der Waals surface area contributed by atoms with E-state index in [4.69, 9.17) is 11.0 Å². The first-order valence-electron chi connectivity index (χ1n) is 5.54. The summed E-state index contributed by atoms with van der Waals surface area (Å²) in [6.07, 6.45) is 0. The number of nitrogens with zero attached hydrogens (tertiary/aromatic N) is 2. The highest BCUT2D eigenvalue weighted by atomic mass is 32.2. The molecule has 0 saturated carbocycles. The van der Waals surface area contributed by atoms with Crippen LogP contribution >= 0.6 is 11.8 Å². The highest BCUT2D eigenvalue weighted by molar-refractivity contribution is 7.98. The molecule has 18 heavy (non-hydrogen) atoms. The van der Waals surface area contributed by atoms with Crippen molar-refractivity contribution in [3.63, 3.8) is 0 Å². The fraction of sp³-hybridized carbons (Fsp3) is 0.143. The van der Waals surface area contributed by atoms with Gasteiger partial charge in [-0.2, -0.15) is 5.26 Å². The van der Waals surface area contributed by atoms with Crippen molar-refractivity contribution < 1.29 is 0 Å². The van der Waals surface area contributed by atoms with E-state index in [-0.39, 0.29) is 0 Å². The van der Waals surface area contributed by atoms with Gasteiger partial charge >= 0.3 is 0 Å². The molecule has 4 heteroatoms. The zero-order chi connectivity index (χ0) is 13.0. The maximum Gasteiger partial charge on any atom is 0.164 e. The Morgan fingerprint density at radius 2 is 2.06 bits per heavy atom. The Bertz CT molecular complexity index is 602. The number of benzene rings is 1. The minimum Gasteiger partial charge on any atom is -0.396 e. The number of nitrogen functional groups attached to an aromatic ring is 1. The van der Waals surface area contributed by atoms with Crippen LogP contribution < -0.4 is 5.73 Å². The lowest BCUT2D eigenvalue weighted by atomic mass is 10.1. The Hall–Kier alpha value is -1.99. The number of nitriles is 1. The highest BCUT2D eigenvalue weighted by Gasteiger charge is 2.04. The summed E-state index contributed by atoms with van der Waals surface area (Å²) in [6.45, 7) is 2.09. The summed E-state index contributed by atoms with van der Waals surface area (Å²) in [6, 6.07) is 13.8. The second kappa shape index (κ2) is 5.56. The Morgan fingerprint density at radius 3 is 2.78 bits per heavy atom. The van der Waals surface area contributed by atoms with Crippen molar-refractivity contribution in [3.05, 3.63) is 53.2 Å². The van der Waals surface area contributed by atoms with Gasteiger partial charge in [0, 0.05) is 5.75 Å². The van der Waals surface area contributed by atoms with Gasteiger partial charge in [-0.25, -0.2) is 4.98 Å². The van der Waals surface area contributed by atoms with Crippen molar-refractivity contribution in [3.8, 4) is 6.07 Å². The maximum atomic E-state index is 8.87. The Balaban J connectivity index is 2.12. The minimum absolute atomic E-state index is 0.296. The Labute approximate surface area is 111 Å². The molecule has 0 unspecified atom stereocenters. The van der Waals surface area contributed by atoms with E-state index < -0.39 is 0 Å². The molecule has 0 saturated heterocycles. The summed E-state index contributed by atoms with van der Waals surface area (Å²) in [5.41, 5.74) is 8.90. The number of nitrogens with two attached hydrogens (primary N) is 1. The summed E-state index contributed by atoms with van der Waals surface area (Å²) < 4.78 is 0. The van der Waals surface area contributed by atoms with Crippen molar-refractivity contribution in [2.24, 2.45) is 0 Å². The molecule has 2 aromatic rings. The molecule has 1 heterocycles. The lowest BCUT2D eigenvalue weighted by Crippen LogP contribution is -1.95. The van der Waals surface area contributed by atoms with E-state index in [9.17, 15) is 0 Å². The minimum atomic E-state index is 0.296. The van der Waals surface area contributed by atoms with E-state index in [2.05, 4.69) is 24.0 Å². The van der Waals surface area contributed by atoms with Crippen LogP contribution in [0.1, 0.15) is 16.8 Å². The van der Waals surface area contributed by atoms with Crippen LogP contribution in [0.15, 0.2) is 41.4 Å². The number of hydrogen-bond acceptors (Lipinski definition) is 4. The molecule has 0 atom stereocenters. The van der Waals surface area contributed by atoms with Gasteiger partial charge in [-0.3, -0.25) is 0 Å². The fourth-order valence-corrected chi connectivity index (χ4v) is 2.49. The van der Waals surface area contributed by atoms with Crippen molar-refractivity contribution in [2.45, 2.75) is 17.7 Å². The van der Waals surface area contributed by atoms with Gasteiger partial charge in [0.05, 0.1) is 10.7 Å². The average Bonchev–Trinajstić information content (AvgIpc) is 2.39. The van der Waals surface area contributed by atoms with Crippen molar-refractivity contribution in [1.82, 2.24) is 4.98 Å². The molecular formula is C14H13N3S. The molecule has 3 nitrogen and oxygen atoms in total. The number of pyridine rings is 1. The summed E-state index contributed by atoms with van der Waals surface area (Å²) >= 11 is 1.61. The Kier molecular flexibility index (Phi) is 3.85. The van der Waals surface area contributed by atoms with Gasteiger partial charge < -0.3 is 5.73 Å². The van der Waals surface area contributed by atoms with Crippen LogP contribution in [0, 0.1) is 18.3 Å². The van der Waals surface area contributed by atoms with E-state index in [1.165, 1.54) is 11.1 Å². The van der Waals surface area contributed by atoms with E-state index in [1.807, 2.05) is 24.3 Å². The quantitative estimate of drug-likeness (QED) is 0.856. The first kappa shape index (κ1) is 12.5. The molecular weight excluding hydrogens is 242 g/mol. The van der Waals surface area contributed by atoms with Gasteiger partial charge in [0.1, 0.15) is 6.07 Å². The van der Waals surface area contributed by atoms with E-state index >= 15 is 0 Å². The topological polar surface area (TPSA) is 62.7 Å². The molecule has 1 aromatic carbocycles. The van der Waals surface area contributed by atoms with Crippen LogP contribution in [0.3, 0.4) is 0 Å². The third-order valence-corrected chi connectivity index (χ3v) is 3.62.